The first-order chi connectivity index (χ1) is 16.5. The Bertz CT molecular complexity index is 1250. The maximum absolute atomic E-state index is 12.5. The molecule has 0 aliphatic rings. The summed E-state index contributed by atoms with van der Waals surface area (Å²) in [4.78, 5) is 8.52. The van der Waals surface area contributed by atoms with E-state index in [1.54, 1.807) is 18.5 Å². The first-order valence-corrected chi connectivity index (χ1v) is 10.5. The average molecular weight is 645 g/mol. The van der Waals surface area contributed by atoms with Crippen molar-refractivity contribution >= 4 is 0 Å². The minimum atomic E-state index is -4.35. The van der Waals surface area contributed by atoms with Gasteiger partial charge in [-0.05, 0) is 34.1 Å². The second-order valence-corrected chi connectivity index (χ2v) is 7.28. The monoisotopic (exact) mass is 645 g/mol. The zero-order valence-corrected chi connectivity index (χ0v) is 20.7. The Morgan fingerprint density at radius 3 is 1.89 bits per heavy atom. The van der Waals surface area contributed by atoms with Gasteiger partial charge >= 0.3 is 6.18 Å². The molecule has 0 aliphatic carbocycles. The number of alkyl halides is 3. The molecule has 0 bridgehead atoms. The summed E-state index contributed by atoms with van der Waals surface area (Å²) < 4.78 is 37.6. The standard InChI is InChI=1S/C18H11F3N.C11H8N.Ir/c19-18(20,21)16-9-6-14(7-10-16)17-11-8-15(12-22-17)13-4-2-1-3-5-13;1-2-6-10(7-3-1)11-8-4-5-9-12-11;/h1-6,8-12H;1-6,8-9H;/q2*-1;. The predicted molar refractivity (Wildman–Crippen MR) is 127 cm³/mol. The molecule has 2 aromatic heterocycles. The van der Waals surface area contributed by atoms with Crippen LogP contribution < -0.4 is 0 Å². The number of rotatable bonds is 3. The third-order valence-corrected chi connectivity index (χ3v) is 4.94. The third-order valence-electron chi connectivity index (χ3n) is 4.94. The molecule has 0 fully saturated rings. The fourth-order valence-electron chi connectivity index (χ4n) is 3.19. The van der Waals surface area contributed by atoms with E-state index in [1.165, 1.54) is 6.07 Å². The molecule has 2 nitrogen and oxygen atoms in total. The number of aromatic nitrogens is 2. The van der Waals surface area contributed by atoms with E-state index >= 15 is 0 Å². The van der Waals surface area contributed by atoms with Gasteiger partial charge in [0.1, 0.15) is 0 Å². The van der Waals surface area contributed by atoms with E-state index in [4.69, 9.17) is 0 Å². The summed E-state index contributed by atoms with van der Waals surface area (Å²) in [7, 11) is 0. The molecule has 0 saturated carbocycles. The van der Waals surface area contributed by atoms with E-state index in [0.29, 0.717) is 11.3 Å². The maximum Gasteiger partial charge on any atom is 0.381 e. The number of pyridine rings is 2. The molecule has 177 valence electrons. The Hall–Kier alpha value is -3.60. The molecule has 0 N–H and O–H groups in total. The Morgan fingerprint density at radius 1 is 0.600 bits per heavy atom. The van der Waals surface area contributed by atoms with Crippen LogP contribution in [0, 0.1) is 12.1 Å². The fourth-order valence-corrected chi connectivity index (χ4v) is 3.19. The van der Waals surface area contributed by atoms with Gasteiger partial charge in [0.25, 0.3) is 0 Å². The summed E-state index contributed by atoms with van der Waals surface area (Å²) in [6.07, 6.45) is -0.855. The van der Waals surface area contributed by atoms with Gasteiger partial charge in [-0.3, -0.25) is 0 Å². The molecule has 35 heavy (non-hydrogen) atoms. The van der Waals surface area contributed by atoms with Gasteiger partial charge in [-0.25, -0.2) is 0 Å². The van der Waals surface area contributed by atoms with E-state index in [1.807, 2.05) is 78.9 Å². The normalized spacial score (nSPS) is 10.5. The van der Waals surface area contributed by atoms with Crippen molar-refractivity contribution in [3.63, 3.8) is 0 Å². The van der Waals surface area contributed by atoms with E-state index < -0.39 is 11.7 Å². The van der Waals surface area contributed by atoms with Crippen LogP contribution >= 0.6 is 0 Å². The molecular weight excluding hydrogens is 626 g/mol. The second-order valence-electron chi connectivity index (χ2n) is 7.28. The molecule has 0 atom stereocenters. The van der Waals surface area contributed by atoms with E-state index in [0.717, 1.165) is 34.5 Å². The van der Waals surface area contributed by atoms with Crippen LogP contribution in [-0.2, 0) is 26.3 Å². The third kappa shape index (κ3) is 7.19. The Balaban J connectivity index is 0.000000223. The van der Waals surface area contributed by atoms with Gasteiger partial charge in [0.2, 0.25) is 0 Å². The summed E-state index contributed by atoms with van der Waals surface area (Å²) in [6, 6.07) is 36.2. The van der Waals surface area contributed by atoms with Crippen molar-refractivity contribution < 1.29 is 33.3 Å². The zero-order chi connectivity index (χ0) is 23.8. The van der Waals surface area contributed by atoms with Crippen molar-refractivity contribution in [2.24, 2.45) is 0 Å². The second kappa shape index (κ2) is 12.2. The van der Waals surface area contributed by atoms with Crippen LogP contribution in [0.25, 0.3) is 33.6 Å². The first-order valence-electron chi connectivity index (χ1n) is 10.5. The summed E-state index contributed by atoms with van der Waals surface area (Å²) >= 11 is 0. The molecule has 2 heterocycles. The molecule has 5 rings (SSSR count). The van der Waals surface area contributed by atoms with Crippen LogP contribution in [0.5, 0.6) is 0 Å². The molecule has 1 radical (unpaired) electrons. The van der Waals surface area contributed by atoms with Crippen LogP contribution in [0.4, 0.5) is 13.2 Å². The minimum absolute atomic E-state index is 0. The van der Waals surface area contributed by atoms with Crippen molar-refractivity contribution in [1.29, 1.82) is 0 Å². The Kier molecular flexibility index (Phi) is 9.07. The van der Waals surface area contributed by atoms with Crippen LogP contribution in [0.3, 0.4) is 0 Å². The molecule has 0 amide bonds. The molecule has 0 aliphatic heterocycles. The SMILES string of the molecule is FC(F)(F)c1c[c-]c(-c2ccc(-c3ccccc3)cn2)cc1.[Ir].[c-]1ccccc1-c1ccccn1. The van der Waals surface area contributed by atoms with Crippen LogP contribution in [0.15, 0.2) is 116 Å². The van der Waals surface area contributed by atoms with Gasteiger partial charge in [-0.15, -0.1) is 65.7 Å². The number of halogens is 3. The number of hydrogen-bond acceptors (Lipinski definition) is 2. The van der Waals surface area contributed by atoms with Crippen molar-refractivity contribution in [2.45, 2.75) is 6.18 Å². The topological polar surface area (TPSA) is 25.8 Å². The molecule has 0 unspecified atom stereocenters. The molecule has 5 aromatic rings. The fraction of sp³-hybridized carbons (Fsp3) is 0.0345. The maximum atomic E-state index is 12.5. The summed E-state index contributed by atoms with van der Waals surface area (Å²) in [5.41, 5.74) is 4.42. The van der Waals surface area contributed by atoms with Crippen LogP contribution in [0.2, 0.25) is 0 Å². The Morgan fingerprint density at radius 2 is 1.31 bits per heavy atom. The molecule has 0 saturated heterocycles. The molecule has 3 aromatic carbocycles. The smallest absolute Gasteiger partial charge is 0.305 e. The van der Waals surface area contributed by atoms with Crippen molar-refractivity contribution in [1.82, 2.24) is 9.97 Å². The van der Waals surface area contributed by atoms with Gasteiger partial charge in [-0.2, -0.15) is 13.2 Å². The van der Waals surface area contributed by atoms with Gasteiger partial charge in [0.15, 0.2) is 0 Å². The Labute approximate surface area is 215 Å². The molecule has 6 heteroatoms. The van der Waals surface area contributed by atoms with Gasteiger partial charge in [0.05, 0.1) is 0 Å². The first kappa shape index (κ1) is 26.0. The summed E-state index contributed by atoms with van der Waals surface area (Å²) in [5, 5.41) is 0. The number of nitrogens with zero attached hydrogens (tertiary/aromatic N) is 2. The summed E-state index contributed by atoms with van der Waals surface area (Å²) in [5.74, 6) is 0. The predicted octanol–water partition coefficient (Wildman–Crippen LogP) is 7.78. The van der Waals surface area contributed by atoms with Crippen LogP contribution in [0.1, 0.15) is 5.56 Å². The zero-order valence-electron chi connectivity index (χ0n) is 18.3. The van der Waals surface area contributed by atoms with Crippen molar-refractivity contribution in [3.05, 3.63) is 133 Å². The summed E-state index contributed by atoms with van der Waals surface area (Å²) in [6.45, 7) is 0. The van der Waals surface area contributed by atoms with E-state index in [2.05, 4.69) is 22.1 Å². The quantitative estimate of drug-likeness (QED) is 0.188. The van der Waals surface area contributed by atoms with Crippen molar-refractivity contribution in [3.8, 4) is 33.6 Å². The van der Waals surface area contributed by atoms with Gasteiger partial charge < -0.3 is 9.97 Å². The number of hydrogen-bond donors (Lipinski definition) is 0. The minimum Gasteiger partial charge on any atom is -0.305 e. The van der Waals surface area contributed by atoms with E-state index in [9.17, 15) is 13.2 Å². The average Bonchev–Trinajstić information content (AvgIpc) is 2.90. The molecule has 0 spiro atoms. The van der Waals surface area contributed by atoms with Crippen LogP contribution in [-0.4, -0.2) is 9.97 Å². The van der Waals surface area contributed by atoms with Gasteiger partial charge in [0, 0.05) is 32.5 Å². The van der Waals surface area contributed by atoms with Gasteiger partial charge in [-0.1, -0.05) is 54.6 Å². The van der Waals surface area contributed by atoms with Crippen molar-refractivity contribution in [2.75, 3.05) is 0 Å². The van der Waals surface area contributed by atoms with E-state index in [-0.39, 0.29) is 20.1 Å². The largest absolute Gasteiger partial charge is 0.381 e. The number of benzene rings is 3. The molecular formula is C29H19F3IrN2-2.